The standard InChI is InChI=1S/C12H17N5/c13-9-4-7-12-14-15-16-17(12)10-8-11-5-2-1-3-6-11/h1-3,5-6H,4,7-10,13H2. The summed E-state index contributed by atoms with van der Waals surface area (Å²) in [5.74, 6) is 0.923. The molecule has 2 aromatic rings. The second-order valence-electron chi connectivity index (χ2n) is 3.95. The van der Waals surface area contributed by atoms with E-state index in [1.807, 2.05) is 22.9 Å². The highest BCUT2D eigenvalue weighted by atomic mass is 15.5. The van der Waals surface area contributed by atoms with Crippen LogP contribution in [-0.4, -0.2) is 26.8 Å². The topological polar surface area (TPSA) is 69.6 Å². The van der Waals surface area contributed by atoms with E-state index in [9.17, 15) is 0 Å². The quantitative estimate of drug-likeness (QED) is 0.798. The zero-order valence-electron chi connectivity index (χ0n) is 9.79. The zero-order valence-corrected chi connectivity index (χ0v) is 9.79. The molecule has 0 aliphatic rings. The van der Waals surface area contributed by atoms with Gasteiger partial charge in [0.1, 0.15) is 0 Å². The monoisotopic (exact) mass is 231 g/mol. The Morgan fingerprint density at radius 2 is 1.94 bits per heavy atom. The molecule has 0 saturated carbocycles. The fourth-order valence-corrected chi connectivity index (χ4v) is 1.72. The van der Waals surface area contributed by atoms with Crippen molar-refractivity contribution in [1.29, 1.82) is 0 Å². The molecule has 90 valence electrons. The molecule has 1 aromatic carbocycles. The number of nitrogens with zero attached hydrogens (tertiary/aromatic N) is 4. The van der Waals surface area contributed by atoms with Crippen molar-refractivity contribution in [3.63, 3.8) is 0 Å². The minimum absolute atomic E-state index is 0.672. The van der Waals surface area contributed by atoms with Gasteiger partial charge in [-0.15, -0.1) is 5.10 Å². The molecule has 0 aliphatic heterocycles. The van der Waals surface area contributed by atoms with Gasteiger partial charge in [-0.05, 0) is 35.4 Å². The van der Waals surface area contributed by atoms with Crippen LogP contribution in [0.15, 0.2) is 30.3 Å². The van der Waals surface area contributed by atoms with Gasteiger partial charge in [-0.25, -0.2) is 4.68 Å². The molecule has 2 N–H and O–H groups in total. The first kappa shape index (κ1) is 11.7. The minimum Gasteiger partial charge on any atom is -0.330 e. The molecule has 0 spiro atoms. The van der Waals surface area contributed by atoms with Gasteiger partial charge < -0.3 is 5.73 Å². The summed E-state index contributed by atoms with van der Waals surface area (Å²) in [7, 11) is 0. The van der Waals surface area contributed by atoms with Gasteiger partial charge in [0.25, 0.3) is 0 Å². The summed E-state index contributed by atoms with van der Waals surface area (Å²) in [5.41, 5.74) is 6.78. The lowest BCUT2D eigenvalue weighted by molar-refractivity contribution is 0.558. The molecular formula is C12H17N5. The third-order valence-corrected chi connectivity index (χ3v) is 2.67. The van der Waals surface area contributed by atoms with Crippen molar-refractivity contribution in [3.8, 4) is 0 Å². The first-order chi connectivity index (χ1) is 8.40. The second-order valence-corrected chi connectivity index (χ2v) is 3.95. The van der Waals surface area contributed by atoms with Gasteiger partial charge in [0.2, 0.25) is 0 Å². The highest BCUT2D eigenvalue weighted by Crippen LogP contribution is 2.03. The van der Waals surface area contributed by atoms with Gasteiger partial charge in [0.15, 0.2) is 5.82 Å². The molecule has 0 bridgehead atoms. The lowest BCUT2D eigenvalue weighted by Crippen LogP contribution is -2.10. The van der Waals surface area contributed by atoms with E-state index in [4.69, 9.17) is 5.73 Å². The highest BCUT2D eigenvalue weighted by molar-refractivity contribution is 5.14. The van der Waals surface area contributed by atoms with Crippen molar-refractivity contribution in [1.82, 2.24) is 20.2 Å². The van der Waals surface area contributed by atoms with Crippen molar-refractivity contribution >= 4 is 0 Å². The van der Waals surface area contributed by atoms with Gasteiger partial charge in [-0.3, -0.25) is 0 Å². The molecule has 5 nitrogen and oxygen atoms in total. The van der Waals surface area contributed by atoms with Crippen molar-refractivity contribution in [3.05, 3.63) is 41.7 Å². The molecule has 0 amide bonds. The molecular weight excluding hydrogens is 214 g/mol. The Morgan fingerprint density at radius 3 is 2.71 bits per heavy atom. The molecule has 0 aliphatic carbocycles. The van der Waals surface area contributed by atoms with Gasteiger partial charge in [-0.2, -0.15) is 0 Å². The zero-order chi connectivity index (χ0) is 11.9. The number of nitrogens with two attached hydrogens (primary N) is 1. The molecule has 1 heterocycles. The van der Waals surface area contributed by atoms with Gasteiger partial charge in [0, 0.05) is 13.0 Å². The van der Waals surface area contributed by atoms with Crippen LogP contribution in [0, 0.1) is 0 Å². The molecule has 0 saturated heterocycles. The first-order valence-electron chi connectivity index (χ1n) is 5.89. The fourth-order valence-electron chi connectivity index (χ4n) is 1.72. The Bertz CT molecular complexity index is 437. The Hall–Kier alpha value is -1.75. The van der Waals surface area contributed by atoms with Crippen LogP contribution in [0.25, 0.3) is 0 Å². The van der Waals surface area contributed by atoms with Crippen molar-refractivity contribution in [2.24, 2.45) is 5.73 Å². The summed E-state index contributed by atoms with van der Waals surface area (Å²) < 4.78 is 1.86. The number of benzene rings is 1. The summed E-state index contributed by atoms with van der Waals surface area (Å²) in [4.78, 5) is 0. The Morgan fingerprint density at radius 1 is 1.12 bits per heavy atom. The normalized spacial score (nSPS) is 10.6. The lowest BCUT2D eigenvalue weighted by atomic mass is 10.1. The number of tetrazole rings is 1. The van der Waals surface area contributed by atoms with Crippen molar-refractivity contribution < 1.29 is 0 Å². The maximum Gasteiger partial charge on any atom is 0.151 e. The first-order valence-corrected chi connectivity index (χ1v) is 5.89. The predicted octanol–water partition coefficient (Wildman–Crippen LogP) is 0.807. The second kappa shape index (κ2) is 6.10. The van der Waals surface area contributed by atoms with Crippen LogP contribution < -0.4 is 5.73 Å². The average Bonchev–Trinajstić information content (AvgIpc) is 2.82. The van der Waals surface area contributed by atoms with E-state index in [2.05, 4.69) is 27.7 Å². The van der Waals surface area contributed by atoms with E-state index in [-0.39, 0.29) is 0 Å². The number of hydrogen-bond donors (Lipinski definition) is 1. The smallest absolute Gasteiger partial charge is 0.151 e. The minimum atomic E-state index is 0.672. The number of aryl methyl sites for hydroxylation is 3. The molecule has 2 rings (SSSR count). The van der Waals surface area contributed by atoms with E-state index in [0.717, 1.165) is 31.6 Å². The van der Waals surface area contributed by atoms with Crippen LogP contribution in [-0.2, 0) is 19.4 Å². The van der Waals surface area contributed by atoms with Gasteiger partial charge in [-0.1, -0.05) is 30.3 Å². The van der Waals surface area contributed by atoms with E-state index < -0.39 is 0 Å². The van der Waals surface area contributed by atoms with Crippen LogP contribution in [0.3, 0.4) is 0 Å². The average molecular weight is 231 g/mol. The summed E-state index contributed by atoms with van der Waals surface area (Å²) in [6.07, 6.45) is 2.71. The molecule has 0 atom stereocenters. The van der Waals surface area contributed by atoms with Crippen LogP contribution in [0.2, 0.25) is 0 Å². The number of rotatable bonds is 6. The maximum atomic E-state index is 5.48. The van der Waals surface area contributed by atoms with E-state index in [1.54, 1.807) is 0 Å². The summed E-state index contributed by atoms with van der Waals surface area (Å²) >= 11 is 0. The lowest BCUT2D eigenvalue weighted by Gasteiger charge is -2.04. The van der Waals surface area contributed by atoms with E-state index in [1.165, 1.54) is 5.56 Å². The van der Waals surface area contributed by atoms with Crippen LogP contribution >= 0.6 is 0 Å². The molecule has 5 heteroatoms. The summed E-state index contributed by atoms with van der Waals surface area (Å²) in [5, 5.41) is 11.7. The van der Waals surface area contributed by atoms with Crippen molar-refractivity contribution in [2.75, 3.05) is 6.54 Å². The largest absolute Gasteiger partial charge is 0.330 e. The van der Waals surface area contributed by atoms with Gasteiger partial charge >= 0.3 is 0 Å². The third-order valence-electron chi connectivity index (χ3n) is 2.67. The molecule has 1 aromatic heterocycles. The molecule has 0 radical (unpaired) electrons. The number of aromatic nitrogens is 4. The Balaban J connectivity index is 1.92. The van der Waals surface area contributed by atoms with Gasteiger partial charge in [0.05, 0.1) is 0 Å². The SMILES string of the molecule is NCCCc1nnnn1CCc1ccccc1. The Kier molecular flexibility index (Phi) is 4.21. The summed E-state index contributed by atoms with van der Waals surface area (Å²) in [6, 6.07) is 10.3. The van der Waals surface area contributed by atoms with E-state index in [0.29, 0.717) is 6.54 Å². The summed E-state index contributed by atoms with van der Waals surface area (Å²) in [6.45, 7) is 1.49. The van der Waals surface area contributed by atoms with E-state index >= 15 is 0 Å². The fraction of sp³-hybridized carbons (Fsp3) is 0.417. The molecule has 17 heavy (non-hydrogen) atoms. The van der Waals surface area contributed by atoms with Crippen molar-refractivity contribution in [2.45, 2.75) is 25.8 Å². The molecule has 0 unspecified atom stereocenters. The Labute approximate surface area is 101 Å². The third kappa shape index (κ3) is 3.35. The van der Waals surface area contributed by atoms with Crippen LogP contribution in [0.4, 0.5) is 0 Å². The highest BCUT2D eigenvalue weighted by Gasteiger charge is 2.05. The maximum absolute atomic E-state index is 5.48. The number of hydrogen-bond acceptors (Lipinski definition) is 4. The van der Waals surface area contributed by atoms with Crippen LogP contribution in [0.1, 0.15) is 17.8 Å². The van der Waals surface area contributed by atoms with Crippen LogP contribution in [0.5, 0.6) is 0 Å². The predicted molar refractivity (Wildman–Crippen MR) is 65.3 cm³/mol. The molecule has 0 fully saturated rings.